The molecule has 0 amide bonds. The molecule has 1 aromatic rings. The molecule has 0 heterocycles. The fourth-order valence-electron chi connectivity index (χ4n) is 9.42. The molecule has 0 aliphatic heterocycles. The normalized spacial score (nSPS) is 33.4. The molecule has 7 nitrogen and oxygen atoms in total. The van der Waals surface area contributed by atoms with Gasteiger partial charge >= 0.3 is 0 Å². The van der Waals surface area contributed by atoms with Crippen molar-refractivity contribution in [1.82, 2.24) is 0 Å². The van der Waals surface area contributed by atoms with Crippen LogP contribution in [0.1, 0.15) is 115 Å². The molecule has 0 radical (unpaired) electrons. The number of aromatic hydroxyl groups is 1. The van der Waals surface area contributed by atoms with E-state index in [9.17, 15) is 34.2 Å². The quantitative estimate of drug-likeness (QED) is 0.384. The van der Waals surface area contributed by atoms with E-state index in [2.05, 4.69) is 19.9 Å². The van der Waals surface area contributed by atoms with Gasteiger partial charge in [-0.15, -0.1) is 0 Å². The molecule has 5 rings (SSSR count). The molecular weight excluding hydrogens is 556 g/mol. The number of aliphatic hydroxyl groups is 1. The molecule has 2 N–H and O–H groups in total. The number of ketones is 5. The monoisotopic (exact) mass is 602 g/mol. The number of fused-ring (bicyclic) bond motifs is 3. The molecule has 4 aliphatic carbocycles. The van der Waals surface area contributed by atoms with Crippen molar-refractivity contribution in [2.45, 2.75) is 99.5 Å². The third kappa shape index (κ3) is 4.28. The van der Waals surface area contributed by atoms with Gasteiger partial charge in [-0.05, 0) is 78.5 Å². The van der Waals surface area contributed by atoms with Crippen LogP contribution < -0.4 is 0 Å². The van der Waals surface area contributed by atoms with E-state index in [4.69, 9.17) is 0 Å². The molecule has 1 aromatic carbocycles. The van der Waals surface area contributed by atoms with Crippen molar-refractivity contribution in [3.8, 4) is 5.75 Å². The first-order valence-electron chi connectivity index (χ1n) is 16.0. The Labute approximate surface area is 260 Å². The summed E-state index contributed by atoms with van der Waals surface area (Å²) >= 11 is 0. The number of phenols is 1. The van der Waals surface area contributed by atoms with Crippen LogP contribution in [-0.2, 0) is 25.6 Å². The van der Waals surface area contributed by atoms with E-state index in [1.54, 1.807) is 20.8 Å². The number of allylic oxidation sites excluding steroid dienone is 4. The minimum atomic E-state index is -2.69. The van der Waals surface area contributed by atoms with Crippen molar-refractivity contribution in [3.63, 3.8) is 0 Å². The van der Waals surface area contributed by atoms with E-state index in [-0.39, 0.29) is 36.0 Å². The molecule has 236 valence electrons. The predicted octanol–water partition coefficient (Wildman–Crippen LogP) is 5.98. The number of hydrogen-bond donors (Lipinski definition) is 2. The standard InChI is InChI=1S/C37H46O7/c1-17(2)12-21-10-11-22(13-21)24-14-23(18(3)4)25-15-35(8)16-36(9)28(19(5)6)31(40)26(20(7)38)33(42)37(36,44)34(43)29(35)32(41)27(25)30(24)39/h10-11,14,17-19,26,28-29,39,44H,12-13,15-16H2,1-9H3/t26?,28?,29?,35-,36-,37+/m1/s1. The van der Waals surface area contributed by atoms with Crippen molar-refractivity contribution >= 4 is 34.5 Å². The zero-order valence-corrected chi connectivity index (χ0v) is 27.5. The maximum atomic E-state index is 14.6. The first-order chi connectivity index (χ1) is 20.3. The summed E-state index contributed by atoms with van der Waals surface area (Å²) < 4.78 is 0. The molecule has 0 saturated heterocycles. The molecule has 6 atom stereocenters. The molecule has 4 aliphatic rings. The van der Waals surface area contributed by atoms with Gasteiger partial charge in [-0.3, -0.25) is 24.0 Å². The molecule has 0 bridgehead atoms. The summed E-state index contributed by atoms with van der Waals surface area (Å²) in [6.45, 7) is 16.5. The van der Waals surface area contributed by atoms with Gasteiger partial charge < -0.3 is 10.2 Å². The summed E-state index contributed by atoms with van der Waals surface area (Å²) in [7, 11) is 0. The second kappa shape index (κ2) is 10.4. The van der Waals surface area contributed by atoms with Crippen molar-refractivity contribution < 1.29 is 34.2 Å². The highest BCUT2D eigenvalue weighted by Crippen LogP contribution is 2.64. The molecule has 7 heteroatoms. The van der Waals surface area contributed by atoms with Gasteiger partial charge in [0.15, 0.2) is 28.7 Å². The zero-order valence-electron chi connectivity index (χ0n) is 27.5. The molecule has 3 unspecified atom stereocenters. The second-order valence-corrected chi connectivity index (χ2v) is 15.5. The van der Waals surface area contributed by atoms with Crippen LogP contribution in [-0.4, -0.2) is 44.7 Å². The summed E-state index contributed by atoms with van der Waals surface area (Å²) in [5, 5.41) is 24.0. The third-order valence-corrected chi connectivity index (χ3v) is 11.0. The number of benzene rings is 1. The molecular formula is C37H46O7. The molecule has 2 saturated carbocycles. The van der Waals surface area contributed by atoms with E-state index in [1.807, 2.05) is 32.9 Å². The Morgan fingerprint density at radius 2 is 1.64 bits per heavy atom. The van der Waals surface area contributed by atoms with Gasteiger partial charge in [-0.2, -0.15) is 0 Å². The van der Waals surface area contributed by atoms with Crippen LogP contribution >= 0.6 is 0 Å². The van der Waals surface area contributed by atoms with Crippen LogP contribution in [0.3, 0.4) is 0 Å². The Kier molecular flexibility index (Phi) is 7.64. The predicted molar refractivity (Wildman–Crippen MR) is 167 cm³/mol. The number of carbonyl (C=O) groups is 5. The maximum absolute atomic E-state index is 14.6. The van der Waals surface area contributed by atoms with Crippen LogP contribution in [0.4, 0.5) is 0 Å². The van der Waals surface area contributed by atoms with Crippen molar-refractivity contribution in [2.24, 2.45) is 40.4 Å². The Bertz CT molecular complexity index is 1570. The smallest absolute Gasteiger partial charge is 0.190 e. The summed E-state index contributed by atoms with van der Waals surface area (Å²) in [4.78, 5) is 69.4. The number of Topliss-reactive ketones (excluding diaryl/α,β-unsaturated/α-hetero) is 5. The number of phenolic OH excluding ortho intramolecular Hbond substituents is 1. The zero-order chi connectivity index (χ0) is 32.8. The SMILES string of the molecule is CC(=O)C1C(=O)C(C(C)C)[C@@]2(C)C[C@@]3(C)Cc4c(C(C)C)cc(C5=CC=C(CC(C)C)C5)c(O)c4C(=O)C3C(=O)[C@@]2(O)C1=O. The lowest BCUT2D eigenvalue weighted by Gasteiger charge is -2.62. The third-order valence-electron chi connectivity index (χ3n) is 11.0. The Balaban J connectivity index is 1.69. The number of rotatable bonds is 6. The van der Waals surface area contributed by atoms with Crippen LogP contribution in [0.15, 0.2) is 23.8 Å². The van der Waals surface area contributed by atoms with Crippen molar-refractivity contribution in [2.75, 3.05) is 0 Å². The van der Waals surface area contributed by atoms with Gasteiger partial charge in [-0.1, -0.05) is 73.1 Å². The van der Waals surface area contributed by atoms with Gasteiger partial charge in [0.1, 0.15) is 17.5 Å². The molecule has 2 fully saturated rings. The largest absolute Gasteiger partial charge is 0.507 e. The van der Waals surface area contributed by atoms with Crippen molar-refractivity contribution in [1.29, 1.82) is 0 Å². The lowest BCUT2D eigenvalue weighted by molar-refractivity contribution is -0.205. The highest BCUT2D eigenvalue weighted by molar-refractivity contribution is 6.32. The number of hydrogen-bond acceptors (Lipinski definition) is 7. The fraction of sp³-hybridized carbons (Fsp3) is 0.595. The van der Waals surface area contributed by atoms with Gasteiger partial charge in [0.2, 0.25) is 0 Å². The topological polar surface area (TPSA) is 126 Å². The van der Waals surface area contributed by atoms with Crippen LogP contribution in [0, 0.1) is 40.4 Å². The molecule has 0 spiro atoms. The van der Waals surface area contributed by atoms with E-state index in [0.29, 0.717) is 23.5 Å². The average molecular weight is 603 g/mol. The van der Waals surface area contributed by atoms with Crippen LogP contribution in [0.25, 0.3) is 5.57 Å². The minimum absolute atomic E-state index is 0.00512. The summed E-state index contributed by atoms with van der Waals surface area (Å²) in [6, 6.07) is 1.97. The van der Waals surface area contributed by atoms with Crippen LogP contribution in [0.5, 0.6) is 5.75 Å². The van der Waals surface area contributed by atoms with E-state index < -0.39 is 63.1 Å². The van der Waals surface area contributed by atoms with E-state index in [1.165, 1.54) is 5.57 Å². The summed E-state index contributed by atoms with van der Waals surface area (Å²) in [6.07, 6.45) is 5.93. The van der Waals surface area contributed by atoms with Gasteiger partial charge in [-0.25, -0.2) is 0 Å². The minimum Gasteiger partial charge on any atom is -0.507 e. The lowest BCUT2D eigenvalue weighted by atomic mass is 9.39. The average Bonchev–Trinajstić information content (AvgIpc) is 3.33. The van der Waals surface area contributed by atoms with Crippen molar-refractivity contribution in [3.05, 3.63) is 46.0 Å². The van der Waals surface area contributed by atoms with Crippen LogP contribution in [0.2, 0.25) is 0 Å². The van der Waals surface area contributed by atoms with E-state index in [0.717, 1.165) is 24.5 Å². The van der Waals surface area contributed by atoms with Gasteiger partial charge in [0.25, 0.3) is 0 Å². The van der Waals surface area contributed by atoms with Gasteiger partial charge in [0, 0.05) is 16.9 Å². The number of carbonyl (C=O) groups excluding carboxylic acids is 5. The summed E-state index contributed by atoms with van der Waals surface area (Å²) in [5.74, 6) is -8.18. The van der Waals surface area contributed by atoms with Gasteiger partial charge in [0.05, 0.1) is 11.5 Å². The molecule has 44 heavy (non-hydrogen) atoms. The fourth-order valence-corrected chi connectivity index (χ4v) is 9.42. The van der Waals surface area contributed by atoms with E-state index >= 15 is 0 Å². The second-order valence-electron chi connectivity index (χ2n) is 15.5. The summed E-state index contributed by atoms with van der Waals surface area (Å²) in [5.41, 5.74) is -0.883. The Hall–Kier alpha value is -3.19. The first kappa shape index (κ1) is 32.2. The Morgan fingerprint density at radius 3 is 2.18 bits per heavy atom. The Morgan fingerprint density at radius 1 is 1.00 bits per heavy atom. The highest BCUT2D eigenvalue weighted by atomic mass is 16.3. The first-order valence-corrected chi connectivity index (χ1v) is 16.0. The molecule has 0 aromatic heterocycles. The maximum Gasteiger partial charge on any atom is 0.190 e. The highest BCUT2D eigenvalue weighted by Gasteiger charge is 2.76. The lowest BCUT2D eigenvalue weighted by Crippen LogP contribution is -2.76.